The molecule has 20 heavy (non-hydrogen) atoms. The number of nitrogens with two attached hydrogens (primary N) is 1. The first kappa shape index (κ1) is 16.4. The summed E-state index contributed by atoms with van der Waals surface area (Å²) in [4.78, 5) is -0.190. The molecule has 5 nitrogen and oxygen atoms in total. The fourth-order valence-electron chi connectivity index (χ4n) is 1.72. The fourth-order valence-corrected chi connectivity index (χ4v) is 3.30. The highest BCUT2D eigenvalue weighted by Crippen LogP contribution is 2.24. The fraction of sp³-hybridized carbons (Fsp3) is 0.462. The van der Waals surface area contributed by atoms with E-state index in [4.69, 9.17) is 11.0 Å². The summed E-state index contributed by atoms with van der Waals surface area (Å²) in [6.07, 6.45) is 0. The summed E-state index contributed by atoms with van der Waals surface area (Å²) >= 11 is 0. The molecule has 0 fully saturated rings. The number of nitrogens with zero attached hydrogens (tertiary/aromatic N) is 2. The summed E-state index contributed by atoms with van der Waals surface area (Å²) in [6, 6.07) is 4.18. The van der Waals surface area contributed by atoms with Gasteiger partial charge in [-0.15, -0.1) is 0 Å². The Labute approximate surface area is 118 Å². The second-order valence-corrected chi connectivity index (χ2v) is 6.54. The third-order valence-electron chi connectivity index (χ3n) is 3.05. The van der Waals surface area contributed by atoms with E-state index in [0.717, 1.165) is 10.4 Å². The lowest BCUT2D eigenvalue weighted by atomic mass is 10.2. The number of nitrogen functional groups attached to an aromatic ring is 1. The molecule has 1 atom stereocenters. The molecular weight excluding hydrogens is 281 g/mol. The van der Waals surface area contributed by atoms with E-state index in [1.165, 1.54) is 13.0 Å². The summed E-state index contributed by atoms with van der Waals surface area (Å²) < 4.78 is 39.6. The first-order valence-electron chi connectivity index (χ1n) is 6.19. The van der Waals surface area contributed by atoms with Crippen LogP contribution in [0.2, 0.25) is 0 Å². The number of hydrogen-bond donors (Lipinski definition) is 1. The lowest BCUT2D eigenvalue weighted by molar-refractivity contribution is 0.399. The van der Waals surface area contributed by atoms with Gasteiger partial charge in [0, 0.05) is 24.3 Å². The molecule has 0 spiro atoms. The van der Waals surface area contributed by atoms with Gasteiger partial charge in [-0.1, -0.05) is 6.92 Å². The van der Waals surface area contributed by atoms with Crippen LogP contribution in [0, 0.1) is 30.0 Å². The minimum absolute atomic E-state index is 0.0603. The summed E-state index contributed by atoms with van der Waals surface area (Å²) in [5.74, 6) is -1.11. The SMILES string of the molecule is CCN(CC(C)C#N)S(=O)(=O)c1cc(N)c(C)c(F)c1. The van der Waals surface area contributed by atoms with E-state index in [1.54, 1.807) is 13.8 Å². The van der Waals surface area contributed by atoms with Crippen LogP contribution >= 0.6 is 0 Å². The van der Waals surface area contributed by atoms with E-state index < -0.39 is 21.8 Å². The van der Waals surface area contributed by atoms with E-state index in [2.05, 4.69) is 0 Å². The maximum absolute atomic E-state index is 13.7. The first-order valence-corrected chi connectivity index (χ1v) is 7.63. The Morgan fingerprint density at radius 3 is 2.55 bits per heavy atom. The zero-order chi connectivity index (χ0) is 15.5. The number of halogens is 1. The Bertz CT molecular complexity index is 615. The third kappa shape index (κ3) is 3.26. The number of rotatable bonds is 5. The minimum atomic E-state index is -3.86. The highest BCUT2D eigenvalue weighted by molar-refractivity contribution is 7.89. The first-order chi connectivity index (χ1) is 9.23. The lowest BCUT2D eigenvalue weighted by Crippen LogP contribution is -2.34. The van der Waals surface area contributed by atoms with Crippen LogP contribution in [0.1, 0.15) is 19.4 Å². The molecule has 0 aromatic heterocycles. The van der Waals surface area contributed by atoms with Crippen molar-refractivity contribution >= 4 is 15.7 Å². The van der Waals surface area contributed by atoms with E-state index >= 15 is 0 Å². The standard InChI is InChI=1S/C13H18FN3O2S/c1-4-17(8-9(2)7-15)20(18,19)11-5-12(14)10(3)13(16)6-11/h5-6,9H,4,8,16H2,1-3H3. The smallest absolute Gasteiger partial charge is 0.243 e. The van der Waals surface area contributed by atoms with Crippen molar-refractivity contribution in [3.8, 4) is 6.07 Å². The predicted molar refractivity (Wildman–Crippen MR) is 74.8 cm³/mol. The quantitative estimate of drug-likeness (QED) is 0.841. The van der Waals surface area contributed by atoms with Crippen LogP contribution in [-0.2, 0) is 10.0 Å². The highest BCUT2D eigenvalue weighted by Gasteiger charge is 2.26. The van der Waals surface area contributed by atoms with E-state index in [-0.39, 0.29) is 29.2 Å². The summed E-state index contributed by atoms with van der Waals surface area (Å²) in [7, 11) is -3.86. The molecule has 0 amide bonds. The third-order valence-corrected chi connectivity index (χ3v) is 4.96. The van der Waals surface area contributed by atoms with Gasteiger partial charge in [0.15, 0.2) is 0 Å². The zero-order valence-electron chi connectivity index (χ0n) is 11.7. The van der Waals surface area contributed by atoms with Crippen molar-refractivity contribution in [2.24, 2.45) is 5.92 Å². The van der Waals surface area contributed by atoms with Crippen LogP contribution in [0.3, 0.4) is 0 Å². The molecule has 0 bridgehead atoms. The van der Waals surface area contributed by atoms with Gasteiger partial charge in [-0.3, -0.25) is 0 Å². The van der Waals surface area contributed by atoms with E-state index in [0.29, 0.717) is 0 Å². The van der Waals surface area contributed by atoms with Gasteiger partial charge in [0.2, 0.25) is 10.0 Å². The maximum atomic E-state index is 13.7. The second kappa shape index (κ2) is 6.20. The van der Waals surface area contributed by atoms with Crippen molar-refractivity contribution < 1.29 is 12.8 Å². The predicted octanol–water partition coefficient (Wildman–Crippen LogP) is 1.89. The molecule has 0 aliphatic rings. The lowest BCUT2D eigenvalue weighted by Gasteiger charge is -2.22. The molecule has 0 radical (unpaired) electrons. The van der Waals surface area contributed by atoms with Crippen molar-refractivity contribution in [1.29, 1.82) is 5.26 Å². The van der Waals surface area contributed by atoms with Gasteiger partial charge < -0.3 is 5.73 Å². The van der Waals surface area contributed by atoms with Crippen LogP contribution < -0.4 is 5.73 Å². The molecule has 7 heteroatoms. The number of sulfonamides is 1. The summed E-state index contributed by atoms with van der Waals surface area (Å²) in [5, 5.41) is 8.79. The molecule has 0 heterocycles. The molecule has 0 aliphatic heterocycles. The van der Waals surface area contributed by atoms with Crippen LogP contribution in [0.15, 0.2) is 17.0 Å². The summed E-state index contributed by atoms with van der Waals surface area (Å²) in [5.41, 5.74) is 5.92. The number of benzene rings is 1. The Balaban J connectivity index is 3.25. The summed E-state index contributed by atoms with van der Waals surface area (Å²) in [6.45, 7) is 5.03. The number of anilines is 1. The number of nitriles is 1. The van der Waals surface area contributed by atoms with Gasteiger partial charge in [0.25, 0.3) is 0 Å². The van der Waals surface area contributed by atoms with Gasteiger partial charge in [-0.05, 0) is 26.0 Å². The molecule has 0 aliphatic carbocycles. The molecular formula is C13H18FN3O2S. The normalized spacial score (nSPS) is 13.2. The molecule has 0 saturated carbocycles. The largest absolute Gasteiger partial charge is 0.398 e. The second-order valence-electron chi connectivity index (χ2n) is 4.61. The van der Waals surface area contributed by atoms with Gasteiger partial charge in [-0.25, -0.2) is 12.8 Å². The number of hydrogen-bond acceptors (Lipinski definition) is 4. The Morgan fingerprint density at radius 2 is 2.10 bits per heavy atom. The Morgan fingerprint density at radius 1 is 1.50 bits per heavy atom. The van der Waals surface area contributed by atoms with E-state index in [9.17, 15) is 12.8 Å². The van der Waals surface area contributed by atoms with Gasteiger partial charge >= 0.3 is 0 Å². The molecule has 0 saturated heterocycles. The van der Waals surface area contributed by atoms with Crippen molar-refractivity contribution in [1.82, 2.24) is 4.31 Å². The van der Waals surface area contributed by atoms with Crippen LogP contribution in [0.5, 0.6) is 0 Å². The molecule has 1 unspecified atom stereocenters. The van der Waals surface area contributed by atoms with Crippen molar-refractivity contribution in [3.63, 3.8) is 0 Å². The van der Waals surface area contributed by atoms with Crippen LogP contribution in [-0.4, -0.2) is 25.8 Å². The maximum Gasteiger partial charge on any atom is 0.243 e. The zero-order valence-corrected chi connectivity index (χ0v) is 12.5. The molecule has 1 aromatic carbocycles. The van der Waals surface area contributed by atoms with Crippen molar-refractivity contribution in [3.05, 3.63) is 23.5 Å². The molecule has 2 N–H and O–H groups in total. The average molecular weight is 299 g/mol. The highest BCUT2D eigenvalue weighted by atomic mass is 32.2. The van der Waals surface area contributed by atoms with Gasteiger partial charge in [0.05, 0.1) is 16.9 Å². The van der Waals surface area contributed by atoms with E-state index in [1.807, 2.05) is 6.07 Å². The monoisotopic (exact) mass is 299 g/mol. The van der Waals surface area contributed by atoms with Gasteiger partial charge in [-0.2, -0.15) is 9.57 Å². The molecule has 1 aromatic rings. The minimum Gasteiger partial charge on any atom is -0.398 e. The van der Waals surface area contributed by atoms with Crippen LogP contribution in [0.4, 0.5) is 10.1 Å². The Hall–Kier alpha value is -1.65. The molecule has 1 rings (SSSR count). The molecule has 110 valence electrons. The average Bonchev–Trinajstić information content (AvgIpc) is 2.40. The van der Waals surface area contributed by atoms with Crippen molar-refractivity contribution in [2.75, 3.05) is 18.8 Å². The topological polar surface area (TPSA) is 87.2 Å². The van der Waals surface area contributed by atoms with Crippen molar-refractivity contribution in [2.45, 2.75) is 25.7 Å². The van der Waals surface area contributed by atoms with Crippen LogP contribution in [0.25, 0.3) is 0 Å². The van der Waals surface area contributed by atoms with Gasteiger partial charge in [0.1, 0.15) is 5.82 Å². The Kier molecular flexibility index (Phi) is 5.09.